The van der Waals surface area contributed by atoms with Crippen molar-refractivity contribution in [1.29, 1.82) is 0 Å². The number of aromatic nitrogens is 2. The largest absolute Gasteiger partial charge is 0.366 e. The number of nitrogens with one attached hydrogen (secondary N) is 1. The number of amides is 2. The fourth-order valence-corrected chi connectivity index (χ4v) is 5.62. The number of rotatable bonds is 10. The van der Waals surface area contributed by atoms with Gasteiger partial charge in [0.05, 0.1) is 34.2 Å². The van der Waals surface area contributed by atoms with Crippen LogP contribution in [0.5, 0.6) is 0 Å². The third kappa shape index (κ3) is 5.57. The van der Waals surface area contributed by atoms with E-state index in [1.54, 1.807) is 24.1 Å². The standard InChI is InChI=1S/C28H32N6O3S/c1-32(27(36)20-8-3-2-4-9-20)21-10-11-23-22(18-21)30-28(34(23)16-7-17-37-19-29)31-26(35)24-12-13-25(38-24)33-14-5-6-15-33/h2-4,8-13,18H,5-7,14-17,19,29H2,1H3,(H,30,31,35). The number of nitrogens with two attached hydrogens (primary N) is 1. The Morgan fingerprint density at radius 2 is 1.89 bits per heavy atom. The third-order valence-corrected chi connectivity index (χ3v) is 7.84. The number of imidazole rings is 1. The average Bonchev–Trinajstić information content (AvgIpc) is 3.71. The molecule has 0 spiro atoms. The zero-order valence-electron chi connectivity index (χ0n) is 21.4. The molecule has 1 fully saturated rings. The van der Waals surface area contributed by atoms with E-state index >= 15 is 0 Å². The Bertz CT molecular complexity index is 1410. The van der Waals surface area contributed by atoms with E-state index in [0.717, 1.165) is 23.6 Å². The molecule has 1 aliphatic heterocycles. The van der Waals surface area contributed by atoms with Gasteiger partial charge < -0.3 is 24.8 Å². The minimum absolute atomic E-state index is 0.108. The van der Waals surface area contributed by atoms with Gasteiger partial charge in [-0.3, -0.25) is 14.9 Å². The number of hydrogen-bond acceptors (Lipinski definition) is 7. The molecule has 2 aromatic carbocycles. The maximum atomic E-state index is 13.2. The molecule has 1 aliphatic rings. The van der Waals surface area contributed by atoms with Gasteiger partial charge in [0.25, 0.3) is 11.8 Å². The molecule has 10 heteroatoms. The first-order chi connectivity index (χ1) is 18.5. The number of aryl methyl sites for hydroxylation is 1. The number of ether oxygens (including phenoxy) is 1. The van der Waals surface area contributed by atoms with Crippen LogP contribution in [-0.2, 0) is 11.3 Å². The van der Waals surface area contributed by atoms with E-state index in [4.69, 9.17) is 15.5 Å². The van der Waals surface area contributed by atoms with Crippen molar-refractivity contribution in [2.45, 2.75) is 25.8 Å². The molecule has 3 heterocycles. The van der Waals surface area contributed by atoms with Crippen molar-refractivity contribution < 1.29 is 14.3 Å². The van der Waals surface area contributed by atoms with Crippen molar-refractivity contribution >= 4 is 50.8 Å². The van der Waals surface area contributed by atoms with E-state index in [0.29, 0.717) is 47.2 Å². The van der Waals surface area contributed by atoms with Gasteiger partial charge in [-0.15, -0.1) is 11.3 Å². The summed E-state index contributed by atoms with van der Waals surface area (Å²) in [5.41, 5.74) is 8.34. The van der Waals surface area contributed by atoms with E-state index in [2.05, 4.69) is 10.2 Å². The molecular formula is C28H32N6O3S. The fourth-order valence-electron chi connectivity index (χ4n) is 4.67. The highest BCUT2D eigenvalue weighted by atomic mass is 32.1. The average molecular weight is 533 g/mol. The van der Waals surface area contributed by atoms with Crippen LogP contribution in [0.1, 0.15) is 39.3 Å². The monoisotopic (exact) mass is 532 g/mol. The van der Waals surface area contributed by atoms with Crippen LogP contribution in [-0.4, -0.2) is 54.8 Å². The zero-order valence-corrected chi connectivity index (χ0v) is 22.2. The number of carbonyl (C=O) groups is 2. The Balaban J connectivity index is 1.40. The van der Waals surface area contributed by atoms with Crippen molar-refractivity contribution in [2.75, 3.05) is 48.6 Å². The molecule has 9 nitrogen and oxygen atoms in total. The Morgan fingerprint density at radius 3 is 2.66 bits per heavy atom. The molecule has 0 saturated carbocycles. The van der Waals surface area contributed by atoms with Crippen LogP contribution in [0.3, 0.4) is 0 Å². The highest BCUT2D eigenvalue weighted by Gasteiger charge is 2.20. The van der Waals surface area contributed by atoms with E-state index < -0.39 is 0 Å². The van der Waals surface area contributed by atoms with E-state index in [1.807, 2.05) is 53.1 Å². The van der Waals surface area contributed by atoms with Crippen LogP contribution in [0.25, 0.3) is 11.0 Å². The predicted molar refractivity (Wildman–Crippen MR) is 152 cm³/mol. The molecular weight excluding hydrogens is 500 g/mol. The lowest BCUT2D eigenvalue weighted by atomic mass is 10.2. The summed E-state index contributed by atoms with van der Waals surface area (Å²) in [6, 6.07) is 18.7. The molecule has 2 amide bonds. The van der Waals surface area contributed by atoms with E-state index in [1.165, 1.54) is 24.2 Å². The summed E-state index contributed by atoms with van der Waals surface area (Å²) in [5.74, 6) is 0.165. The molecule has 5 rings (SSSR count). The number of carbonyl (C=O) groups excluding carboxylic acids is 2. The van der Waals surface area contributed by atoms with Crippen LogP contribution in [0.15, 0.2) is 60.7 Å². The lowest BCUT2D eigenvalue weighted by molar-refractivity contribution is 0.0991. The molecule has 198 valence electrons. The second kappa shape index (κ2) is 11.8. The lowest BCUT2D eigenvalue weighted by Crippen LogP contribution is -2.26. The van der Waals surface area contributed by atoms with Crippen molar-refractivity contribution in [3.8, 4) is 0 Å². The normalized spacial score (nSPS) is 13.3. The highest BCUT2D eigenvalue weighted by Crippen LogP contribution is 2.30. The van der Waals surface area contributed by atoms with Crippen LogP contribution in [0.4, 0.5) is 16.6 Å². The molecule has 0 aliphatic carbocycles. The van der Waals surface area contributed by atoms with Gasteiger partial charge in [-0.25, -0.2) is 4.98 Å². The number of thiophene rings is 1. The number of benzene rings is 2. The van der Waals surface area contributed by atoms with Crippen LogP contribution >= 0.6 is 11.3 Å². The summed E-state index contributed by atoms with van der Waals surface area (Å²) in [6.07, 6.45) is 3.08. The Kier molecular flexibility index (Phi) is 8.02. The van der Waals surface area contributed by atoms with Gasteiger partial charge in [0.1, 0.15) is 0 Å². The van der Waals surface area contributed by atoms with Crippen molar-refractivity contribution in [2.24, 2.45) is 5.73 Å². The first-order valence-electron chi connectivity index (χ1n) is 12.8. The first kappa shape index (κ1) is 25.9. The fraction of sp³-hybridized carbons (Fsp3) is 0.321. The molecule has 0 atom stereocenters. The number of anilines is 3. The molecule has 1 saturated heterocycles. The Labute approximate surface area is 225 Å². The summed E-state index contributed by atoms with van der Waals surface area (Å²) >= 11 is 1.50. The topological polar surface area (TPSA) is 106 Å². The van der Waals surface area contributed by atoms with Crippen molar-refractivity contribution in [1.82, 2.24) is 9.55 Å². The van der Waals surface area contributed by atoms with Gasteiger partial charge in [0.15, 0.2) is 0 Å². The van der Waals surface area contributed by atoms with Gasteiger partial charge in [0, 0.05) is 37.9 Å². The highest BCUT2D eigenvalue weighted by molar-refractivity contribution is 7.18. The molecule has 0 unspecified atom stereocenters. The third-order valence-electron chi connectivity index (χ3n) is 6.69. The maximum absolute atomic E-state index is 13.2. The molecule has 3 N–H and O–H groups in total. The van der Waals surface area contributed by atoms with E-state index in [9.17, 15) is 9.59 Å². The minimum atomic E-state index is -0.188. The quantitative estimate of drug-likeness (QED) is 0.229. The zero-order chi connectivity index (χ0) is 26.5. The summed E-state index contributed by atoms with van der Waals surface area (Å²) in [7, 11) is 1.75. The smallest absolute Gasteiger partial charge is 0.268 e. The van der Waals surface area contributed by atoms with Gasteiger partial charge >= 0.3 is 0 Å². The molecule has 38 heavy (non-hydrogen) atoms. The predicted octanol–water partition coefficient (Wildman–Crippen LogP) is 4.55. The van der Waals surface area contributed by atoms with Gasteiger partial charge in [0.2, 0.25) is 5.95 Å². The van der Waals surface area contributed by atoms with Crippen LogP contribution in [0, 0.1) is 0 Å². The summed E-state index contributed by atoms with van der Waals surface area (Å²) in [6.45, 7) is 3.32. The lowest BCUT2D eigenvalue weighted by Gasteiger charge is -2.17. The van der Waals surface area contributed by atoms with E-state index in [-0.39, 0.29) is 18.5 Å². The number of nitrogens with zero attached hydrogens (tertiary/aromatic N) is 4. The molecule has 0 radical (unpaired) electrons. The Hall–Kier alpha value is -3.73. The van der Waals surface area contributed by atoms with Crippen LogP contribution in [0.2, 0.25) is 0 Å². The van der Waals surface area contributed by atoms with Crippen molar-refractivity contribution in [3.05, 3.63) is 71.1 Å². The van der Waals surface area contributed by atoms with Crippen molar-refractivity contribution in [3.63, 3.8) is 0 Å². The van der Waals surface area contributed by atoms with Crippen LogP contribution < -0.4 is 20.9 Å². The SMILES string of the molecule is CN(C(=O)c1ccccc1)c1ccc2c(c1)nc(NC(=O)c1ccc(N3CCCC3)s1)n2CCCOCN. The Morgan fingerprint density at radius 1 is 1.11 bits per heavy atom. The first-order valence-corrected chi connectivity index (χ1v) is 13.6. The minimum Gasteiger partial charge on any atom is -0.366 e. The van der Waals surface area contributed by atoms with Gasteiger partial charge in [-0.2, -0.15) is 0 Å². The van der Waals surface area contributed by atoms with Gasteiger partial charge in [-0.1, -0.05) is 18.2 Å². The second-order valence-corrected chi connectivity index (χ2v) is 10.3. The molecule has 4 aromatic rings. The summed E-state index contributed by atoms with van der Waals surface area (Å²) in [5, 5.41) is 4.14. The second-order valence-electron chi connectivity index (χ2n) is 9.20. The number of hydrogen-bond donors (Lipinski definition) is 2. The summed E-state index contributed by atoms with van der Waals surface area (Å²) < 4.78 is 7.29. The molecule has 2 aromatic heterocycles. The number of fused-ring (bicyclic) bond motifs is 1. The van der Waals surface area contributed by atoms with Gasteiger partial charge in [-0.05, 0) is 61.7 Å². The summed E-state index contributed by atoms with van der Waals surface area (Å²) in [4.78, 5) is 35.5. The maximum Gasteiger partial charge on any atom is 0.268 e. The molecule has 0 bridgehead atoms.